The minimum atomic E-state index is -0.0998. The van der Waals surface area contributed by atoms with Crippen molar-refractivity contribution >= 4 is 56.8 Å². The van der Waals surface area contributed by atoms with Gasteiger partial charge in [-0.2, -0.15) is 0 Å². The van der Waals surface area contributed by atoms with Gasteiger partial charge in [0.25, 0.3) is 5.91 Å². The van der Waals surface area contributed by atoms with E-state index in [1.807, 2.05) is 6.07 Å². The molecule has 1 heterocycles. The molecule has 0 atom stereocenters. The van der Waals surface area contributed by atoms with Crippen LogP contribution in [-0.2, 0) is 0 Å². The highest BCUT2D eigenvalue weighted by atomic mass is 35.5. The van der Waals surface area contributed by atoms with E-state index in [-0.39, 0.29) is 18.3 Å². The molecule has 0 N–H and O–H groups in total. The van der Waals surface area contributed by atoms with E-state index in [0.717, 1.165) is 29.9 Å². The Morgan fingerprint density at radius 3 is 2.38 bits per heavy atom. The molecule has 1 amide bonds. The number of rotatable bonds is 10. The van der Waals surface area contributed by atoms with Gasteiger partial charge in [-0.05, 0) is 55.7 Å². The number of hydrogen-bond donors (Lipinski definition) is 0. The summed E-state index contributed by atoms with van der Waals surface area (Å²) in [6, 6.07) is 11.5. The predicted octanol–water partition coefficient (Wildman–Crippen LogP) is 5.45. The average Bonchev–Trinajstić information content (AvgIpc) is 3.23. The van der Waals surface area contributed by atoms with E-state index < -0.39 is 0 Å². The number of fused-ring (bicyclic) bond motifs is 1. The number of anilines is 1. The molecule has 0 fully saturated rings. The monoisotopic (exact) mass is 495 g/mol. The smallest absolute Gasteiger partial charge is 0.260 e. The molecule has 0 radical (unpaired) electrons. The van der Waals surface area contributed by atoms with Crippen molar-refractivity contribution in [3.63, 3.8) is 0 Å². The minimum Gasteiger partial charge on any atom is -0.493 e. The van der Waals surface area contributed by atoms with E-state index in [1.165, 1.54) is 4.90 Å². The Labute approximate surface area is 204 Å². The van der Waals surface area contributed by atoms with Gasteiger partial charge in [0.2, 0.25) is 0 Å². The van der Waals surface area contributed by atoms with Gasteiger partial charge in [0.15, 0.2) is 16.6 Å². The molecule has 0 spiro atoms. The van der Waals surface area contributed by atoms with Crippen LogP contribution in [0.5, 0.6) is 11.5 Å². The Morgan fingerprint density at radius 2 is 1.75 bits per heavy atom. The Bertz CT molecular complexity index is 1040. The summed E-state index contributed by atoms with van der Waals surface area (Å²) in [4.78, 5) is 23.6. The topological polar surface area (TPSA) is 54.9 Å². The molecule has 0 saturated carbocycles. The van der Waals surface area contributed by atoms with E-state index in [4.69, 9.17) is 14.5 Å². The van der Waals surface area contributed by atoms with E-state index in [9.17, 15) is 4.79 Å². The van der Waals surface area contributed by atoms with E-state index in [1.54, 1.807) is 60.4 Å². The third kappa shape index (κ3) is 5.86. The first kappa shape index (κ1) is 26.3. The van der Waals surface area contributed by atoms with Gasteiger partial charge in [0.05, 0.1) is 24.4 Å². The van der Waals surface area contributed by atoms with Gasteiger partial charge in [0, 0.05) is 23.5 Å². The number of nitrogens with zero attached hydrogens (tertiary/aromatic N) is 3. The predicted molar refractivity (Wildman–Crippen MR) is 138 cm³/mol. The molecule has 1 aromatic heterocycles. The van der Waals surface area contributed by atoms with Crippen molar-refractivity contribution in [2.45, 2.75) is 18.7 Å². The molecule has 0 aliphatic carbocycles. The van der Waals surface area contributed by atoms with Crippen molar-refractivity contribution in [1.29, 1.82) is 0 Å². The normalized spacial score (nSPS) is 10.8. The fourth-order valence-electron chi connectivity index (χ4n) is 3.33. The summed E-state index contributed by atoms with van der Waals surface area (Å²) in [5, 5.41) is 0.709. The van der Waals surface area contributed by atoms with Crippen LogP contribution in [0.3, 0.4) is 0 Å². The SMILES string of the molecule is CCN(CC)CCN(C(=O)c1ccc(OC)c(OC)c1)c1nc2ccc(SC)cc2s1.Cl. The molecule has 6 nitrogen and oxygen atoms in total. The number of methoxy groups -OCH3 is 2. The van der Waals surface area contributed by atoms with Crippen molar-refractivity contribution in [2.24, 2.45) is 0 Å². The van der Waals surface area contributed by atoms with Crippen molar-refractivity contribution in [3.8, 4) is 11.5 Å². The Hall–Kier alpha value is -2.00. The van der Waals surface area contributed by atoms with Crippen LogP contribution in [0.4, 0.5) is 5.13 Å². The molecule has 0 saturated heterocycles. The van der Waals surface area contributed by atoms with Crippen molar-refractivity contribution < 1.29 is 14.3 Å². The lowest BCUT2D eigenvalue weighted by molar-refractivity contribution is 0.0983. The molecule has 3 aromatic rings. The number of carbonyl (C=O) groups is 1. The second kappa shape index (κ2) is 12.3. The Morgan fingerprint density at radius 1 is 1.03 bits per heavy atom. The number of benzene rings is 2. The molecule has 3 rings (SSSR count). The summed E-state index contributed by atoms with van der Waals surface area (Å²) in [5.74, 6) is 1.03. The van der Waals surface area contributed by atoms with Crippen molar-refractivity contribution in [2.75, 3.05) is 51.6 Å². The summed E-state index contributed by atoms with van der Waals surface area (Å²) >= 11 is 3.25. The lowest BCUT2D eigenvalue weighted by atomic mass is 10.1. The molecule has 32 heavy (non-hydrogen) atoms. The number of hydrogen-bond acceptors (Lipinski definition) is 7. The molecule has 174 valence electrons. The number of thiazole rings is 1. The maximum absolute atomic E-state index is 13.6. The molecular formula is C23H30ClN3O3S2. The zero-order valence-electron chi connectivity index (χ0n) is 19.1. The summed E-state index contributed by atoms with van der Waals surface area (Å²) < 4.78 is 11.8. The first-order valence-electron chi connectivity index (χ1n) is 10.2. The number of aromatic nitrogens is 1. The Kier molecular flexibility index (Phi) is 10.1. The lowest BCUT2D eigenvalue weighted by Gasteiger charge is -2.25. The number of ether oxygens (including phenoxy) is 2. The van der Waals surface area contributed by atoms with Gasteiger partial charge in [-0.3, -0.25) is 9.69 Å². The largest absolute Gasteiger partial charge is 0.493 e. The van der Waals surface area contributed by atoms with Gasteiger partial charge in [-0.25, -0.2) is 4.98 Å². The summed E-state index contributed by atoms with van der Waals surface area (Å²) in [5.41, 5.74) is 1.45. The molecule has 2 aromatic carbocycles. The summed E-state index contributed by atoms with van der Waals surface area (Å²) in [7, 11) is 3.15. The molecule has 0 aliphatic rings. The van der Waals surface area contributed by atoms with Crippen LogP contribution in [0.15, 0.2) is 41.3 Å². The summed E-state index contributed by atoms with van der Waals surface area (Å²) in [6.45, 7) is 7.47. The fourth-order valence-corrected chi connectivity index (χ4v) is 4.87. The number of halogens is 1. The highest BCUT2D eigenvalue weighted by molar-refractivity contribution is 7.98. The van der Waals surface area contributed by atoms with Gasteiger partial charge in [0.1, 0.15) is 0 Å². The first-order chi connectivity index (χ1) is 15.0. The third-order valence-electron chi connectivity index (χ3n) is 5.23. The maximum atomic E-state index is 13.6. The maximum Gasteiger partial charge on any atom is 0.260 e. The highest BCUT2D eigenvalue weighted by Gasteiger charge is 2.23. The van der Waals surface area contributed by atoms with Crippen LogP contribution in [-0.4, -0.2) is 62.4 Å². The molecule has 0 unspecified atom stereocenters. The van der Waals surface area contributed by atoms with E-state index >= 15 is 0 Å². The second-order valence-corrected chi connectivity index (χ2v) is 8.77. The molecule has 9 heteroatoms. The fraction of sp³-hybridized carbons (Fsp3) is 0.391. The number of likely N-dealkylation sites (N-methyl/N-ethyl adjacent to an activating group) is 1. The van der Waals surface area contributed by atoms with Crippen molar-refractivity contribution in [3.05, 3.63) is 42.0 Å². The zero-order chi connectivity index (χ0) is 22.4. The van der Waals surface area contributed by atoms with Crippen LogP contribution in [0.1, 0.15) is 24.2 Å². The van der Waals surface area contributed by atoms with Crippen LogP contribution >= 0.6 is 35.5 Å². The number of carbonyl (C=O) groups excluding carboxylic acids is 1. The van der Waals surface area contributed by atoms with Crippen LogP contribution < -0.4 is 14.4 Å². The van der Waals surface area contributed by atoms with Gasteiger partial charge in [-0.15, -0.1) is 24.2 Å². The van der Waals surface area contributed by atoms with Crippen molar-refractivity contribution in [1.82, 2.24) is 9.88 Å². The molecular weight excluding hydrogens is 466 g/mol. The average molecular weight is 496 g/mol. The third-order valence-corrected chi connectivity index (χ3v) is 6.99. The van der Waals surface area contributed by atoms with E-state index in [0.29, 0.717) is 28.7 Å². The van der Waals surface area contributed by atoms with Crippen LogP contribution in [0, 0.1) is 0 Å². The lowest BCUT2D eigenvalue weighted by Crippen LogP contribution is -2.38. The van der Waals surface area contributed by atoms with Gasteiger partial charge >= 0.3 is 0 Å². The van der Waals surface area contributed by atoms with E-state index in [2.05, 4.69) is 37.1 Å². The first-order valence-corrected chi connectivity index (χ1v) is 12.3. The zero-order valence-corrected chi connectivity index (χ0v) is 21.5. The van der Waals surface area contributed by atoms with Crippen LogP contribution in [0.2, 0.25) is 0 Å². The van der Waals surface area contributed by atoms with Gasteiger partial charge in [-0.1, -0.05) is 25.2 Å². The Balaban J connectivity index is 0.00000363. The van der Waals surface area contributed by atoms with Crippen LogP contribution in [0.25, 0.3) is 10.2 Å². The number of thioether (sulfide) groups is 1. The minimum absolute atomic E-state index is 0. The second-order valence-electron chi connectivity index (χ2n) is 6.88. The quantitative estimate of drug-likeness (QED) is 0.349. The summed E-state index contributed by atoms with van der Waals surface area (Å²) in [6.07, 6.45) is 2.06. The van der Waals surface area contributed by atoms with Gasteiger partial charge < -0.3 is 14.4 Å². The standard InChI is InChI=1S/C23H29N3O3S2.ClH/c1-6-25(7-2)12-13-26(22(27)16-8-11-19(28-3)20(14-16)29-4)23-24-18-10-9-17(30-5)15-21(18)31-23;/h8-11,14-15H,6-7,12-13H2,1-5H3;1H. The molecule has 0 aliphatic heterocycles. The number of amides is 1. The highest BCUT2D eigenvalue weighted by Crippen LogP contribution is 2.33. The molecule has 0 bridgehead atoms.